The molecule has 1 aliphatic heterocycles. The zero-order valence-corrected chi connectivity index (χ0v) is 19.8. The highest BCUT2D eigenvalue weighted by Gasteiger charge is 2.27. The Morgan fingerprint density at radius 2 is 2.06 bits per heavy atom. The molecule has 9 heteroatoms. The summed E-state index contributed by atoms with van der Waals surface area (Å²) in [5, 5.41) is 7.30. The number of methoxy groups -OCH3 is 1. The van der Waals surface area contributed by atoms with Crippen molar-refractivity contribution in [1.82, 2.24) is 15.6 Å². The van der Waals surface area contributed by atoms with Gasteiger partial charge in [-0.1, -0.05) is 30.3 Å². The first-order valence-electron chi connectivity index (χ1n) is 10.6. The fraction of sp³-hybridized carbons (Fsp3) is 0.348. The molecule has 0 amide bonds. The predicted molar refractivity (Wildman–Crippen MR) is 128 cm³/mol. The standard InChI is InChI=1S/C23H28N4O3S2/c1-27(32(28,29)22-15-24-16-31-22)19-10-11-21(30-2)18(13-19)14-26-20-9-6-12-25-23(20)17-7-4-3-5-8-17/h3-5,7-8,10-11,13,15-16,20,23,25-26H,6,9,12,14H2,1-2H3/t20-,23-/m0/s1. The van der Waals surface area contributed by atoms with E-state index in [9.17, 15) is 8.42 Å². The minimum Gasteiger partial charge on any atom is -0.496 e. The van der Waals surface area contributed by atoms with Gasteiger partial charge in [0, 0.05) is 31.2 Å². The van der Waals surface area contributed by atoms with Crippen LogP contribution >= 0.6 is 11.3 Å². The van der Waals surface area contributed by atoms with Crippen molar-refractivity contribution >= 4 is 27.0 Å². The number of benzene rings is 2. The zero-order valence-electron chi connectivity index (χ0n) is 18.2. The lowest BCUT2D eigenvalue weighted by Crippen LogP contribution is -2.45. The Kier molecular flexibility index (Phi) is 7.10. The summed E-state index contributed by atoms with van der Waals surface area (Å²) in [5.41, 5.74) is 4.28. The maximum absolute atomic E-state index is 12.9. The number of hydrogen-bond donors (Lipinski definition) is 2. The molecule has 0 saturated carbocycles. The molecule has 2 N–H and O–H groups in total. The quantitative estimate of drug-likeness (QED) is 0.522. The van der Waals surface area contributed by atoms with Crippen LogP contribution < -0.4 is 19.7 Å². The van der Waals surface area contributed by atoms with Crippen LogP contribution in [0.3, 0.4) is 0 Å². The van der Waals surface area contributed by atoms with Crippen molar-refractivity contribution in [2.45, 2.75) is 35.7 Å². The number of rotatable bonds is 8. The number of sulfonamides is 1. The molecule has 2 aromatic carbocycles. The largest absolute Gasteiger partial charge is 0.496 e. The van der Waals surface area contributed by atoms with Gasteiger partial charge in [0.05, 0.1) is 24.5 Å². The number of hydrogen-bond acceptors (Lipinski definition) is 7. The first-order chi connectivity index (χ1) is 15.5. The summed E-state index contributed by atoms with van der Waals surface area (Å²) in [6.07, 6.45) is 3.55. The second-order valence-electron chi connectivity index (χ2n) is 7.76. The van der Waals surface area contributed by atoms with Crippen LogP contribution in [0, 0.1) is 0 Å². The highest BCUT2D eigenvalue weighted by molar-refractivity contribution is 7.94. The third-order valence-electron chi connectivity index (χ3n) is 5.82. The molecule has 1 aromatic heterocycles. The predicted octanol–water partition coefficient (Wildman–Crippen LogP) is 3.56. The molecule has 170 valence electrons. The molecular weight excluding hydrogens is 444 g/mol. The van der Waals surface area contributed by atoms with E-state index in [1.807, 2.05) is 18.2 Å². The Hall–Kier alpha value is -2.46. The van der Waals surface area contributed by atoms with E-state index in [1.165, 1.54) is 21.6 Å². The van der Waals surface area contributed by atoms with Crippen LogP contribution in [0.4, 0.5) is 5.69 Å². The fourth-order valence-electron chi connectivity index (χ4n) is 4.06. The average molecular weight is 473 g/mol. The van der Waals surface area contributed by atoms with Gasteiger partial charge in [-0.25, -0.2) is 8.42 Å². The van der Waals surface area contributed by atoms with E-state index in [-0.39, 0.29) is 16.3 Å². The number of aromatic nitrogens is 1. The topological polar surface area (TPSA) is 83.6 Å². The van der Waals surface area contributed by atoms with Crippen molar-refractivity contribution in [2.24, 2.45) is 0 Å². The van der Waals surface area contributed by atoms with Crippen LogP contribution in [0.5, 0.6) is 5.75 Å². The van der Waals surface area contributed by atoms with Crippen LogP contribution in [-0.4, -0.2) is 40.1 Å². The number of nitrogens with one attached hydrogen (secondary N) is 2. The number of nitrogens with zero attached hydrogens (tertiary/aromatic N) is 2. The summed E-state index contributed by atoms with van der Waals surface area (Å²) in [6, 6.07) is 16.4. The van der Waals surface area contributed by atoms with Crippen molar-refractivity contribution in [1.29, 1.82) is 0 Å². The Balaban J connectivity index is 1.54. The van der Waals surface area contributed by atoms with E-state index in [0.29, 0.717) is 12.2 Å². The van der Waals surface area contributed by atoms with E-state index in [0.717, 1.165) is 42.0 Å². The fourth-order valence-corrected chi connectivity index (χ4v) is 6.22. The number of thiazole rings is 1. The Labute approximate surface area is 193 Å². The maximum atomic E-state index is 12.9. The maximum Gasteiger partial charge on any atom is 0.275 e. The van der Waals surface area contributed by atoms with E-state index in [4.69, 9.17) is 4.74 Å². The average Bonchev–Trinajstić information content (AvgIpc) is 3.39. The van der Waals surface area contributed by atoms with Gasteiger partial charge in [0.25, 0.3) is 10.0 Å². The number of piperidine rings is 1. The summed E-state index contributed by atoms with van der Waals surface area (Å²) >= 11 is 1.11. The van der Waals surface area contributed by atoms with E-state index >= 15 is 0 Å². The molecule has 4 rings (SSSR count). The third kappa shape index (κ3) is 4.80. The van der Waals surface area contributed by atoms with E-state index < -0.39 is 10.0 Å². The van der Waals surface area contributed by atoms with E-state index in [2.05, 4.69) is 39.9 Å². The smallest absolute Gasteiger partial charge is 0.275 e. The summed E-state index contributed by atoms with van der Waals surface area (Å²) in [7, 11) is -0.457. The van der Waals surface area contributed by atoms with E-state index in [1.54, 1.807) is 20.2 Å². The number of ether oxygens (including phenoxy) is 1. The van der Waals surface area contributed by atoms with Gasteiger partial charge < -0.3 is 15.4 Å². The van der Waals surface area contributed by atoms with Crippen LogP contribution in [0.2, 0.25) is 0 Å². The molecule has 1 saturated heterocycles. The lowest BCUT2D eigenvalue weighted by atomic mass is 9.92. The Bertz CT molecular complexity index is 1120. The van der Waals surface area contributed by atoms with Crippen molar-refractivity contribution in [3.8, 4) is 5.75 Å². The van der Waals surface area contributed by atoms with Crippen LogP contribution in [0.15, 0.2) is 64.4 Å². The Morgan fingerprint density at radius 1 is 1.25 bits per heavy atom. The molecule has 3 aromatic rings. The van der Waals surface area contributed by atoms with Gasteiger partial charge >= 0.3 is 0 Å². The molecule has 0 bridgehead atoms. The molecule has 0 spiro atoms. The minimum atomic E-state index is -3.65. The van der Waals surface area contributed by atoms with Crippen LogP contribution in [0.25, 0.3) is 0 Å². The molecule has 0 aliphatic carbocycles. The van der Waals surface area contributed by atoms with Gasteiger partial charge in [-0.3, -0.25) is 9.29 Å². The lowest BCUT2D eigenvalue weighted by molar-refractivity contribution is 0.303. The Morgan fingerprint density at radius 3 is 2.78 bits per heavy atom. The van der Waals surface area contributed by atoms with Gasteiger partial charge in [-0.15, -0.1) is 11.3 Å². The highest BCUT2D eigenvalue weighted by atomic mass is 32.2. The molecule has 1 fully saturated rings. The molecule has 2 atom stereocenters. The summed E-state index contributed by atoms with van der Waals surface area (Å²) in [6.45, 7) is 1.57. The molecule has 1 aliphatic rings. The summed E-state index contributed by atoms with van der Waals surface area (Å²) in [4.78, 5) is 3.90. The van der Waals surface area contributed by atoms with Crippen molar-refractivity contribution in [2.75, 3.05) is 25.0 Å². The summed E-state index contributed by atoms with van der Waals surface area (Å²) in [5.74, 6) is 0.727. The van der Waals surface area contributed by atoms with Crippen LogP contribution in [-0.2, 0) is 16.6 Å². The van der Waals surface area contributed by atoms with Crippen molar-refractivity contribution < 1.29 is 13.2 Å². The molecular formula is C23H28N4O3S2. The van der Waals surface area contributed by atoms with Gasteiger partial charge in [-0.2, -0.15) is 0 Å². The van der Waals surface area contributed by atoms with Crippen molar-refractivity contribution in [3.05, 3.63) is 71.4 Å². The van der Waals surface area contributed by atoms with Gasteiger partial charge in [0.2, 0.25) is 0 Å². The molecule has 0 radical (unpaired) electrons. The molecule has 0 unspecified atom stereocenters. The normalized spacial score (nSPS) is 18.9. The summed E-state index contributed by atoms with van der Waals surface area (Å²) < 4.78 is 32.9. The second kappa shape index (κ2) is 9.99. The zero-order chi connectivity index (χ0) is 22.6. The second-order valence-corrected chi connectivity index (χ2v) is 10.8. The van der Waals surface area contributed by atoms with Crippen molar-refractivity contribution in [3.63, 3.8) is 0 Å². The van der Waals surface area contributed by atoms with Gasteiger partial charge in [0.1, 0.15) is 5.75 Å². The first kappa shape index (κ1) is 22.7. The SMILES string of the molecule is COc1ccc(N(C)S(=O)(=O)c2cncs2)cc1CN[C@H]1CCCN[C@H]1c1ccccc1. The highest BCUT2D eigenvalue weighted by Crippen LogP contribution is 2.30. The molecule has 32 heavy (non-hydrogen) atoms. The minimum absolute atomic E-state index is 0.217. The molecule has 7 nitrogen and oxygen atoms in total. The molecule has 2 heterocycles. The number of anilines is 1. The first-order valence-corrected chi connectivity index (χ1v) is 12.9. The lowest BCUT2D eigenvalue weighted by Gasteiger charge is -2.34. The third-order valence-corrected chi connectivity index (χ3v) is 8.86. The van der Waals surface area contributed by atoms with Crippen LogP contribution in [0.1, 0.15) is 30.0 Å². The van der Waals surface area contributed by atoms with Gasteiger partial charge in [0.15, 0.2) is 4.21 Å². The monoisotopic (exact) mass is 472 g/mol. The van der Waals surface area contributed by atoms with Gasteiger partial charge in [-0.05, 0) is 43.1 Å².